The van der Waals surface area contributed by atoms with Gasteiger partial charge in [0.25, 0.3) is 5.91 Å². The van der Waals surface area contributed by atoms with Crippen molar-refractivity contribution in [3.63, 3.8) is 0 Å². The van der Waals surface area contributed by atoms with E-state index in [2.05, 4.69) is 20.6 Å². The number of hydrogen-bond donors (Lipinski definition) is 3. The van der Waals surface area contributed by atoms with E-state index < -0.39 is 0 Å². The lowest BCUT2D eigenvalue weighted by molar-refractivity contribution is -0.114. The van der Waals surface area contributed by atoms with Crippen LogP contribution in [0.25, 0.3) is 22.2 Å². The van der Waals surface area contributed by atoms with Gasteiger partial charge in [-0.2, -0.15) is 0 Å². The summed E-state index contributed by atoms with van der Waals surface area (Å²) in [4.78, 5) is 31.2. The van der Waals surface area contributed by atoms with E-state index in [1.807, 2.05) is 36.4 Å². The zero-order valence-corrected chi connectivity index (χ0v) is 15.2. The summed E-state index contributed by atoms with van der Waals surface area (Å²) in [6.07, 6.45) is 3.54. The molecule has 6 heteroatoms. The molecule has 2 aromatic carbocycles. The van der Waals surface area contributed by atoms with Gasteiger partial charge >= 0.3 is 0 Å². The van der Waals surface area contributed by atoms with Crippen molar-refractivity contribution in [2.75, 3.05) is 10.6 Å². The number of H-pyrrole nitrogens is 1. The van der Waals surface area contributed by atoms with Crippen molar-refractivity contribution in [1.29, 1.82) is 0 Å². The topological polar surface area (TPSA) is 86.9 Å². The number of aromatic amines is 1. The Balaban J connectivity index is 1.59. The molecule has 0 bridgehead atoms. The van der Waals surface area contributed by atoms with Crippen LogP contribution in [0.3, 0.4) is 0 Å². The molecule has 4 rings (SSSR count). The van der Waals surface area contributed by atoms with Crippen LogP contribution in [-0.2, 0) is 4.79 Å². The molecule has 2 amide bonds. The number of pyridine rings is 1. The van der Waals surface area contributed by atoms with E-state index >= 15 is 0 Å². The molecule has 138 valence electrons. The summed E-state index contributed by atoms with van der Waals surface area (Å²) >= 11 is 0. The third-order valence-corrected chi connectivity index (χ3v) is 4.35. The van der Waals surface area contributed by atoms with Gasteiger partial charge in [-0.05, 0) is 35.9 Å². The molecule has 0 saturated carbocycles. The molecule has 2 heterocycles. The van der Waals surface area contributed by atoms with Crippen LogP contribution < -0.4 is 10.6 Å². The van der Waals surface area contributed by atoms with E-state index in [0.717, 1.165) is 16.5 Å². The van der Waals surface area contributed by atoms with Crippen LogP contribution in [-0.4, -0.2) is 21.8 Å². The number of hydrogen-bond acceptors (Lipinski definition) is 3. The Morgan fingerprint density at radius 1 is 0.929 bits per heavy atom. The molecule has 2 aromatic heterocycles. The lowest BCUT2D eigenvalue weighted by Crippen LogP contribution is -2.12. The molecule has 6 nitrogen and oxygen atoms in total. The van der Waals surface area contributed by atoms with E-state index in [4.69, 9.17) is 0 Å². The van der Waals surface area contributed by atoms with Gasteiger partial charge in [-0.25, -0.2) is 4.98 Å². The van der Waals surface area contributed by atoms with Crippen LogP contribution in [0.5, 0.6) is 0 Å². The maximum absolute atomic E-state index is 12.6. The van der Waals surface area contributed by atoms with Crippen LogP contribution in [0.15, 0.2) is 73.1 Å². The Bertz CT molecular complexity index is 1150. The molecular weight excluding hydrogens is 352 g/mol. The van der Waals surface area contributed by atoms with E-state index in [-0.39, 0.29) is 11.8 Å². The highest BCUT2D eigenvalue weighted by molar-refractivity contribution is 6.09. The Kier molecular flexibility index (Phi) is 4.60. The molecule has 0 aliphatic carbocycles. The van der Waals surface area contributed by atoms with Crippen LogP contribution in [0.2, 0.25) is 0 Å². The molecular formula is C22H18N4O2. The van der Waals surface area contributed by atoms with Crippen LogP contribution >= 0.6 is 0 Å². The molecule has 0 fully saturated rings. The second-order valence-electron chi connectivity index (χ2n) is 6.40. The number of carbonyl (C=O) groups excluding carboxylic acids is 2. The molecule has 28 heavy (non-hydrogen) atoms. The second-order valence-corrected chi connectivity index (χ2v) is 6.40. The maximum atomic E-state index is 12.6. The van der Waals surface area contributed by atoms with Gasteiger partial charge in [0.15, 0.2) is 0 Å². The predicted molar refractivity (Wildman–Crippen MR) is 110 cm³/mol. The number of anilines is 2. The first-order chi connectivity index (χ1) is 13.6. The van der Waals surface area contributed by atoms with Gasteiger partial charge in [-0.15, -0.1) is 0 Å². The van der Waals surface area contributed by atoms with Gasteiger partial charge in [0.1, 0.15) is 5.65 Å². The third-order valence-electron chi connectivity index (χ3n) is 4.35. The first-order valence-electron chi connectivity index (χ1n) is 8.82. The fourth-order valence-corrected chi connectivity index (χ4v) is 3.00. The fraction of sp³-hybridized carbons (Fsp3) is 0.0455. The molecule has 0 aliphatic rings. The van der Waals surface area contributed by atoms with Crippen LogP contribution in [0.1, 0.15) is 17.3 Å². The smallest absolute Gasteiger partial charge is 0.255 e. The van der Waals surface area contributed by atoms with E-state index in [1.165, 1.54) is 6.92 Å². The average Bonchev–Trinajstić information content (AvgIpc) is 3.11. The number of fused-ring (bicyclic) bond motifs is 1. The molecule has 0 radical (unpaired) electrons. The Morgan fingerprint density at radius 2 is 1.68 bits per heavy atom. The van der Waals surface area contributed by atoms with E-state index in [0.29, 0.717) is 22.6 Å². The van der Waals surface area contributed by atoms with Gasteiger partial charge < -0.3 is 15.6 Å². The highest BCUT2D eigenvalue weighted by Crippen LogP contribution is 2.27. The monoisotopic (exact) mass is 370 g/mol. The fourth-order valence-electron chi connectivity index (χ4n) is 3.00. The number of amides is 2. The highest BCUT2D eigenvalue weighted by Gasteiger charge is 2.12. The summed E-state index contributed by atoms with van der Waals surface area (Å²) in [7, 11) is 0. The minimum atomic E-state index is -0.236. The third kappa shape index (κ3) is 3.61. The SMILES string of the molecule is CC(=O)Nc1ccc(C(=O)Nc2c[nH]c3ncc(-c4ccccc4)cc23)cc1. The summed E-state index contributed by atoms with van der Waals surface area (Å²) < 4.78 is 0. The van der Waals surface area contributed by atoms with Gasteiger partial charge in [0.05, 0.1) is 5.69 Å². The quantitative estimate of drug-likeness (QED) is 0.496. The molecule has 0 spiro atoms. The van der Waals surface area contributed by atoms with Gasteiger partial charge in [0.2, 0.25) is 5.91 Å². The second kappa shape index (κ2) is 7.36. The van der Waals surface area contributed by atoms with Crippen LogP contribution in [0.4, 0.5) is 11.4 Å². The minimum Gasteiger partial charge on any atom is -0.344 e. The molecule has 0 atom stereocenters. The summed E-state index contributed by atoms with van der Waals surface area (Å²) in [5.74, 6) is -0.391. The maximum Gasteiger partial charge on any atom is 0.255 e. The van der Waals surface area contributed by atoms with Crippen LogP contribution in [0, 0.1) is 0 Å². The Hall–Kier alpha value is -3.93. The van der Waals surface area contributed by atoms with Crippen molar-refractivity contribution < 1.29 is 9.59 Å². The molecule has 0 unspecified atom stereocenters. The number of carbonyl (C=O) groups is 2. The standard InChI is InChI=1S/C22H18N4O2/c1-14(27)25-18-9-7-16(8-10-18)22(28)26-20-13-24-21-19(20)11-17(12-23-21)15-5-3-2-4-6-15/h2-13H,1H3,(H,23,24)(H,25,27)(H,26,28). The number of nitrogens with zero attached hydrogens (tertiary/aromatic N) is 1. The largest absolute Gasteiger partial charge is 0.344 e. The Labute approximate surface area is 161 Å². The van der Waals surface area contributed by atoms with Crippen molar-refractivity contribution in [3.8, 4) is 11.1 Å². The van der Waals surface area contributed by atoms with Crippen molar-refractivity contribution in [1.82, 2.24) is 9.97 Å². The summed E-state index contributed by atoms with van der Waals surface area (Å²) in [5, 5.41) is 6.44. The van der Waals surface area contributed by atoms with Gasteiger partial charge in [-0.3, -0.25) is 9.59 Å². The van der Waals surface area contributed by atoms with Crippen molar-refractivity contribution in [2.24, 2.45) is 0 Å². The first kappa shape index (κ1) is 17.5. The van der Waals surface area contributed by atoms with Crippen molar-refractivity contribution in [3.05, 3.63) is 78.6 Å². The van der Waals surface area contributed by atoms with Crippen molar-refractivity contribution >= 4 is 34.2 Å². The number of rotatable bonds is 4. The van der Waals surface area contributed by atoms with Gasteiger partial charge in [0, 0.05) is 41.5 Å². The predicted octanol–water partition coefficient (Wildman–Crippen LogP) is 4.44. The summed E-state index contributed by atoms with van der Waals surface area (Å²) in [6, 6.07) is 18.7. The lowest BCUT2D eigenvalue weighted by atomic mass is 10.1. The molecule has 3 N–H and O–H groups in total. The first-order valence-corrected chi connectivity index (χ1v) is 8.82. The number of aromatic nitrogens is 2. The zero-order chi connectivity index (χ0) is 19.5. The Morgan fingerprint density at radius 3 is 2.39 bits per heavy atom. The number of benzene rings is 2. The minimum absolute atomic E-state index is 0.155. The summed E-state index contributed by atoms with van der Waals surface area (Å²) in [6.45, 7) is 1.44. The molecule has 0 aliphatic heterocycles. The molecule has 0 saturated heterocycles. The summed E-state index contributed by atoms with van der Waals surface area (Å²) in [5.41, 5.74) is 4.54. The number of nitrogens with one attached hydrogen (secondary N) is 3. The van der Waals surface area contributed by atoms with E-state index in [9.17, 15) is 9.59 Å². The normalized spacial score (nSPS) is 10.6. The van der Waals surface area contributed by atoms with Crippen molar-refractivity contribution in [2.45, 2.75) is 6.92 Å². The highest BCUT2D eigenvalue weighted by atomic mass is 16.2. The van der Waals surface area contributed by atoms with E-state index in [1.54, 1.807) is 36.7 Å². The zero-order valence-electron chi connectivity index (χ0n) is 15.2. The average molecular weight is 370 g/mol. The molecule has 4 aromatic rings. The van der Waals surface area contributed by atoms with Gasteiger partial charge in [-0.1, -0.05) is 30.3 Å². The lowest BCUT2D eigenvalue weighted by Gasteiger charge is -2.07.